The van der Waals surface area contributed by atoms with Crippen LogP contribution in [0.2, 0.25) is 0 Å². The van der Waals surface area contributed by atoms with E-state index in [0.29, 0.717) is 0 Å². The first-order chi connectivity index (χ1) is 4.33. The normalized spacial score (nSPS) is 6.83. The number of halogens is 3. The van der Waals surface area contributed by atoms with Crippen LogP contribution in [0.15, 0.2) is 28.7 Å². The van der Waals surface area contributed by atoms with Crippen LogP contribution in [0.3, 0.4) is 0 Å². The molecular formula is C7H7Br3MgO. The molecule has 1 rings (SSSR count). The van der Waals surface area contributed by atoms with Crippen molar-refractivity contribution in [3.63, 3.8) is 0 Å². The second-order valence-corrected chi connectivity index (χ2v) is 2.58. The summed E-state index contributed by atoms with van der Waals surface area (Å²) in [5.74, 6) is 0.879. The Morgan fingerprint density at radius 1 is 1.25 bits per heavy atom. The maximum absolute atomic E-state index is 4.96. The Balaban J connectivity index is -0.000000270. The molecule has 0 saturated heterocycles. The van der Waals surface area contributed by atoms with E-state index in [1.807, 2.05) is 24.3 Å². The summed E-state index contributed by atoms with van der Waals surface area (Å²) in [5, 5.41) is 0. The number of methoxy groups -OCH3 is 1. The van der Waals surface area contributed by atoms with E-state index in [2.05, 4.69) is 15.9 Å². The van der Waals surface area contributed by atoms with Gasteiger partial charge in [-0.3, -0.25) is 0 Å². The Hall–Kier alpha value is 1.23. The van der Waals surface area contributed by atoms with Crippen LogP contribution in [0.25, 0.3) is 0 Å². The number of rotatable bonds is 1. The largest absolute Gasteiger partial charge is 2.00 e. The Labute approximate surface area is 118 Å². The summed E-state index contributed by atoms with van der Waals surface area (Å²) in [6.07, 6.45) is 0. The van der Waals surface area contributed by atoms with Crippen molar-refractivity contribution in [2.45, 2.75) is 0 Å². The zero-order valence-electron chi connectivity index (χ0n) is 6.56. The van der Waals surface area contributed by atoms with Crippen molar-refractivity contribution in [2.75, 3.05) is 7.11 Å². The molecule has 0 atom stereocenters. The van der Waals surface area contributed by atoms with Crippen LogP contribution in [-0.4, -0.2) is 30.2 Å². The summed E-state index contributed by atoms with van der Waals surface area (Å²) in [5.41, 5.74) is 0. The van der Waals surface area contributed by atoms with Gasteiger partial charge in [-0.25, -0.2) is 0 Å². The minimum Gasteiger partial charge on any atom is -1.00 e. The van der Waals surface area contributed by atoms with Gasteiger partial charge in [0.2, 0.25) is 0 Å². The molecule has 0 aromatic heterocycles. The van der Waals surface area contributed by atoms with Crippen LogP contribution in [0, 0.1) is 0 Å². The van der Waals surface area contributed by atoms with E-state index in [-0.39, 0.29) is 57.0 Å². The van der Waals surface area contributed by atoms with Crippen molar-refractivity contribution >= 4 is 39.0 Å². The van der Waals surface area contributed by atoms with Gasteiger partial charge in [-0.15, -0.1) is 0 Å². The van der Waals surface area contributed by atoms with Gasteiger partial charge in [0.05, 0.1) is 7.11 Å². The molecule has 0 aliphatic heterocycles. The first kappa shape index (κ1) is 18.9. The summed E-state index contributed by atoms with van der Waals surface area (Å²) < 4.78 is 6.01. The van der Waals surface area contributed by atoms with Crippen LogP contribution in [0.5, 0.6) is 5.75 Å². The molecule has 0 N–H and O–H groups in total. The minimum absolute atomic E-state index is 0. The number of hydrogen-bond acceptors (Lipinski definition) is 1. The van der Waals surface area contributed by atoms with Crippen molar-refractivity contribution in [3.05, 3.63) is 28.7 Å². The summed E-state index contributed by atoms with van der Waals surface area (Å²) in [4.78, 5) is 0. The fraction of sp³-hybridized carbons (Fsp3) is 0.143. The van der Waals surface area contributed by atoms with E-state index in [0.717, 1.165) is 10.2 Å². The molecule has 0 aliphatic rings. The quantitative estimate of drug-likeness (QED) is 0.459. The molecule has 0 aliphatic carbocycles. The molecule has 5 heteroatoms. The van der Waals surface area contributed by atoms with Gasteiger partial charge in [-0.05, 0) is 18.2 Å². The Morgan fingerprint density at radius 2 is 1.83 bits per heavy atom. The molecule has 64 valence electrons. The summed E-state index contributed by atoms with van der Waals surface area (Å²) >= 11 is 3.32. The standard InChI is InChI=1S/C7H7BrO.2BrH.Mg/c1-9-7-4-2-3-6(8)5-7;;;/h2-5H,1H3;2*1H;/q;;;+2/p-2. The van der Waals surface area contributed by atoms with Crippen molar-refractivity contribution in [3.8, 4) is 5.75 Å². The Kier molecular flexibility index (Phi) is 16.2. The van der Waals surface area contributed by atoms with Crippen LogP contribution in [0.1, 0.15) is 0 Å². The average Bonchev–Trinajstić information content (AvgIpc) is 1.88. The third kappa shape index (κ3) is 6.71. The SMILES string of the molecule is COc1cccc(Br)c1.[Br-].[Br-].[Mg+2]. The number of hydrogen-bond donors (Lipinski definition) is 0. The second-order valence-electron chi connectivity index (χ2n) is 1.66. The van der Waals surface area contributed by atoms with Crippen LogP contribution >= 0.6 is 15.9 Å². The van der Waals surface area contributed by atoms with Crippen LogP contribution in [0.4, 0.5) is 0 Å². The van der Waals surface area contributed by atoms with Gasteiger partial charge >= 0.3 is 23.1 Å². The number of ether oxygens (including phenoxy) is 1. The molecule has 0 bridgehead atoms. The second kappa shape index (κ2) is 10.3. The van der Waals surface area contributed by atoms with Gasteiger partial charge in [0.15, 0.2) is 0 Å². The van der Waals surface area contributed by atoms with E-state index >= 15 is 0 Å². The summed E-state index contributed by atoms with van der Waals surface area (Å²) in [6.45, 7) is 0. The van der Waals surface area contributed by atoms with E-state index in [1.54, 1.807) is 7.11 Å². The van der Waals surface area contributed by atoms with Gasteiger partial charge in [0.1, 0.15) is 5.75 Å². The molecule has 0 saturated carbocycles. The first-order valence-corrected chi connectivity index (χ1v) is 3.42. The fourth-order valence-electron chi connectivity index (χ4n) is 0.594. The van der Waals surface area contributed by atoms with Crippen LogP contribution in [-0.2, 0) is 0 Å². The van der Waals surface area contributed by atoms with Gasteiger partial charge in [-0.2, -0.15) is 0 Å². The summed E-state index contributed by atoms with van der Waals surface area (Å²) in [6, 6.07) is 7.72. The summed E-state index contributed by atoms with van der Waals surface area (Å²) in [7, 11) is 1.65. The Morgan fingerprint density at radius 3 is 2.17 bits per heavy atom. The zero-order chi connectivity index (χ0) is 6.69. The van der Waals surface area contributed by atoms with Crippen LogP contribution < -0.4 is 38.7 Å². The topological polar surface area (TPSA) is 9.23 Å². The molecule has 1 aromatic rings. The monoisotopic (exact) mass is 368 g/mol. The predicted octanol–water partition coefficient (Wildman–Crippen LogP) is -3.92. The van der Waals surface area contributed by atoms with E-state index in [9.17, 15) is 0 Å². The van der Waals surface area contributed by atoms with Crippen molar-refractivity contribution < 1.29 is 38.7 Å². The molecule has 0 fully saturated rings. The molecule has 0 heterocycles. The molecule has 0 radical (unpaired) electrons. The van der Waals surface area contributed by atoms with Crippen molar-refractivity contribution in [2.24, 2.45) is 0 Å². The Bertz CT molecular complexity index is 208. The predicted molar refractivity (Wildman–Crippen MR) is 46.4 cm³/mol. The zero-order valence-corrected chi connectivity index (χ0v) is 12.7. The third-order valence-corrected chi connectivity index (χ3v) is 1.53. The molecule has 0 unspecified atom stereocenters. The van der Waals surface area contributed by atoms with Crippen molar-refractivity contribution in [1.82, 2.24) is 0 Å². The molecule has 0 amide bonds. The molecule has 1 nitrogen and oxygen atoms in total. The van der Waals surface area contributed by atoms with Gasteiger partial charge in [-0.1, -0.05) is 22.0 Å². The number of benzene rings is 1. The first-order valence-electron chi connectivity index (χ1n) is 2.62. The fourth-order valence-corrected chi connectivity index (χ4v) is 0.972. The molecule has 12 heavy (non-hydrogen) atoms. The van der Waals surface area contributed by atoms with Gasteiger partial charge in [0, 0.05) is 4.47 Å². The maximum Gasteiger partial charge on any atom is 2.00 e. The third-order valence-electron chi connectivity index (χ3n) is 1.03. The maximum atomic E-state index is 4.96. The molecular weight excluding hydrogens is 364 g/mol. The molecule has 1 aromatic carbocycles. The van der Waals surface area contributed by atoms with Crippen molar-refractivity contribution in [1.29, 1.82) is 0 Å². The van der Waals surface area contributed by atoms with E-state index in [1.165, 1.54) is 0 Å². The molecule has 0 spiro atoms. The smallest absolute Gasteiger partial charge is 1.00 e. The minimum atomic E-state index is 0. The van der Waals surface area contributed by atoms with E-state index in [4.69, 9.17) is 4.74 Å². The van der Waals surface area contributed by atoms with E-state index < -0.39 is 0 Å². The van der Waals surface area contributed by atoms with Gasteiger partial charge < -0.3 is 38.7 Å². The van der Waals surface area contributed by atoms with Gasteiger partial charge in [0.25, 0.3) is 0 Å². The average molecular weight is 371 g/mol.